The maximum absolute atomic E-state index is 11.2. The van der Waals surface area contributed by atoms with Crippen LogP contribution in [0.5, 0.6) is 11.5 Å². The number of hydrogen-bond acceptors (Lipinski definition) is 5. The minimum Gasteiger partial charge on any atom is -0.493 e. The van der Waals surface area contributed by atoms with Gasteiger partial charge in [0, 0.05) is 6.07 Å². The third-order valence-electron chi connectivity index (χ3n) is 1.74. The average Bonchev–Trinajstić information content (AvgIpc) is 2.26. The summed E-state index contributed by atoms with van der Waals surface area (Å²) in [7, 11) is 3.00. The standard InChI is InChI=1S/C9H12N2O3/c1-13-8-3-6(7(12)4-10)11-5-9(8)14-2/h3,5H,4,10H2,1-2H3. The Balaban J connectivity index is 3.07. The number of methoxy groups -OCH3 is 2. The molecule has 0 radical (unpaired) electrons. The number of nitrogens with two attached hydrogens (primary N) is 1. The van der Waals surface area contributed by atoms with E-state index >= 15 is 0 Å². The van der Waals surface area contributed by atoms with E-state index in [0.717, 1.165) is 0 Å². The molecule has 0 spiro atoms. The van der Waals surface area contributed by atoms with E-state index in [1.54, 1.807) is 0 Å². The van der Waals surface area contributed by atoms with Crippen molar-refractivity contribution < 1.29 is 14.3 Å². The second-order valence-corrected chi connectivity index (χ2v) is 2.55. The first-order valence-corrected chi connectivity index (χ1v) is 4.04. The van der Waals surface area contributed by atoms with Crippen molar-refractivity contribution in [1.82, 2.24) is 4.98 Å². The number of Topliss-reactive ketones (excluding diaryl/α,β-unsaturated/α-hetero) is 1. The molecule has 0 aliphatic carbocycles. The first-order chi connectivity index (χ1) is 6.72. The Morgan fingerprint density at radius 3 is 2.57 bits per heavy atom. The summed E-state index contributed by atoms with van der Waals surface area (Å²) >= 11 is 0. The molecule has 0 aliphatic rings. The van der Waals surface area contributed by atoms with Gasteiger partial charge < -0.3 is 15.2 Å². The third-order valence-corrected chi connectivity index (χ3v) is 1.74. The molecule has 0 saturated carbocycles. The molecule has 5 heteroatoms. The summed E-state index contributed by atoms with van der Waals surface area (Å²) in [5.74, 6) is 0.728. The lowest BCUT2D eigenvalue weighted by molar-refractivity contribution is 0.0996. The largest absolute Gasteiger partial charge is 0.493 e. The summed E-state index contributed by atoms with van der Waals surface area (Å²) in [5, 5.41) is 0. The zero-order chi connectivity index (χ0) is 10.6. The Hall–Kier alpha value is -1.62. The number of rotatable bonds is 4. The molecule has 1 rings (SSSR count). The van der Waals surface area contributed by atoms with E-state index in [1.165, 1.54) is 26.5 Å². The van der Waals surface area contributed by atoms with Gasteiger partial charge >= 0.3 is 0 Å². The quantitative estimate of drug-likeness (QED) is 0.698. The second-order valence-electron chi connectivity index (χ2n) is 2.55. The highest BCUT2D eigenvalue weighted by atomic mass is 16.5. The summed E-state index contributed by atoms with van der Waals surface area (Å²) in [6, 6.07) is 1.51. The van der Waals surface area contributed by atoms with Crippen molar-refractivity contribution in [2.24, 2.45) is 5.73 Å². The van der Waals surface area contributed by atoms with Crippen molar-refractivity contribution in [3.05, 3.63) is 18.0 Å². The van der Waals surface area contributed by atoms with Crippen LogP contribution in [0, 0.1) is 0 Å². The number of hydrogen-bond donors (Lipinski definition) is 1. The van der Waals surface area contributed by atoms with Crippen LogP contribution in [-0.2, 0) is 0 Å². The van der Waals surface area contributed by atoms with Gasteiger partial charge in [0.05, 0.1) is 27.0 Å². The van der Waals surface area contributed by atoms with Gasteiger partial charge in [-0.25, -0.2) is 4.98 Å². The van der Waals surface area contributed by atoms with Crippen molar-refractivity contribution in [3.63, 3.8) is 0 Å². The van der Waals surface area contributed by atoms with Gasteiger partial charge in [0.25, 0.3) is 0 Å². The Morgan fingerprint density at radius 2 is 2.07 bits per heavy atom. The zero-order valence-electron chi connectivity index (χ0n) is 8.11. The predicted molar refractivity (Wildman–Crippen MR) is 50.7 cm³/mol. The van der Waals surface area contributed by atoms with Crippen molar-refractivity contribution >= 4 is 5.78 Å². The lowest BCUT2D eigenvalue weighted by Crippen LogP contribution is -2.15. The number of ether oxygens (including phenoxy) is 2. The van der Waals surface area contributed by atoms with Crippen LogP contribution in [0.25, 0.3) is 0 Å². The molecule has 5 nitrogen and oxygen atoms in total. The Morgan fingerprint density at radius 1 is 1.43 bits per heavy atom. The summed E-state index contributed by atoms with van der Waals surface area (Å²) in [5.41, 5.74) is 5.49. The lowest BCUT2D eigenvalue weighted by Gasteiger charge is -2.07. The predicted octanol–water partition coefficient (Wildman–Crippen LogP) is 0.240. The number of nitrogens with zero attached hydrogens (tertiary/aromatic N) is 1. The maximum Gasteiger partial charge on any atom is 0.194 e. The monoisotopic (exact) mass is 196 g/mol. The highest BCUT2D eigenvalue weighted by Crippen LogP contribution is 2.25. The fourth-order valence-electron chi connectivity index (χ4n) is 0.994. The van der Waals surface area contributed by atoms with Gasteiger partial charge in [0.1, 0.15) is 5.69 Å². The van der Waals surface area contributed by atoms with Crippen LogP contribution in [0.2, 0.25) is 0 Å². The average molecular weight is 196 g/mol. The highest BCUT2D eigenvalue weighted by molar-refractivity contribution is 5.96. The Kier molecular flexibility index (Phi) is 3.41. The molecule has 0 amide bonds. The molecule has 0 fully saturated rings. The van der Waals surface area contributed by atoms with Gasteiger partial charge in [0.15, 0.2) is 17.3 Å². The smallest absolute Gasteiger partial charge is 0.194 e. The molecule has 0 unspecified atom stereocenters. The van der Waals surface area contributed by atoms with Gasteiger partial charge in [-0.15, -0.1) is 0 Å². The maximum atomic E-state index is 11.2. The lowest BCUT2D eigenvalue weighted by atomic mass is 10.2. The van der Waals surface area contributed by atoms with Crippen LogP contribution in [0.15, 0.2) is 12.3 Å². The number of aromatic nitrogens is 1. The van der Waals surface area contributed by atoms with Gasteiger partial charge in [-0.2, -0.15) is 0 Å². The minimum absolute atomic E-state index is 0.0670. The van der Waals surface area contributed by atoms with Crippen molar-refractivity contribution in [3.8, 4) is 11.5 Å². The summed E-state index contributed by atoms with van der Waals surface area (Å²) in [6.07, 6.45) is 1.43. The number of carbonyl (C=O) groups excluding carboxylic acids is 1. The van der Waals surface area contributed by atoms with E-state index < -0.39 is 0 Å². The number of carbonyl (C=O) groups is 1. The van der Waals surface area contributed by atoms with Crippen LogP contribution in [0.1, 0.15) is 10.5 Å². The zero-order valence-corrected chi connectivity index (χ0v) is 8.11. The fourth-order valence-corrected chi connectivity index (χ4v) is 0.994. The summed E-state index contributed by atoms with van der Waals surface area (Å²) in [4.78, 5) is 15.1. The van der Waals surface area contributed by atoms with Gasteiger partial charge in [-0.3, -0.25) is 4.79 Å². The van der Waals surface area contributed by atoms with Crippen LogP contribution >= 0.6 is 0 Å². The Labute approximate surface area is 81.8 Å². The number of ketones is 1. The van der Waals surface area contributed by atoms with Gasteiger partial charge in [-0.1, -0.05) is 0 Å². The first kappa shape index (κ1) is 10.5. The molecule has 2 N–H and O–H groups in total. The topological polar surface area (TPSA) is 74.4 Å². The summed E-state index contributed by atoms with van der Waals surface area (Å²) < 4.78 is 9.99. The third kappa shape index (κ3) is 2.00. The Bertz CT molecular complexity index is 339. The van der Waals surface area contributed by atoms with E-state index in [4.69, 9.17) is 15.2 Å². The van der Waals surface area contributed by atoms with E-state index in [0.29, 0.717) is 11.5 Å². The molecular weight excluding hydrogens is 184 g/mol. The molecule has 0 bridgehead atoms. The first-order valence-electron chi connectivity index (χ1n) is 4.04. The molecule has 14 heavy (non-hydrogen) atoms. The molecule has 0 aliphatic heterocycles. The van der Waals surface area contributed by atoms with E-state index in [2.05, 4.69) is 4.98 Å². The molecule has 1 aromatic rings. The van der Waals surface area contributed by atoms with E-state index in [-0.39, 0.29) is 18.0 Å². The summed E-state index contributed by atoms with van der Waals surface area (Å²) in [6.45, 7) is -0.0670. The van der Waals surface area contributed by atoms with E-state index in [9.17, 15) is 4.79 Å². The normalized spacial score (nSPS) is 9.64. The molecule has 0 aromatic carbocycles. The highest BCUT2D eigenvalue weighted by Gasteiger charge is 2.10. The molecule has 76 valence electrons. The minimum atomic E-state index is -0.231. The molecule has 0 saturated heterocycles. The molecule has 1 aromatic heterocycles. The molecule has 1 heterocycles. The second kappa shape index (κ2) is 4.57. The van der Waals surface area contributed by atoms with Gasteiger partial charge in [0.2, 0.25) is 0 Å². The van der Waals surface area contributed by atoms with Crippen LogP contribution in [0.4, 0.5) is 0 Å². The van der Waals surface area contributed by atoms with Crippen molar-refractivity contribution in [2.45, 2.75) is 0 Å². The number of pyridine rings is 1. The SMILES string of the molecule is COc1cnc(C(=O)CN)cc1OC. The van der Waals surface area contributed by atoms with Crippen molar-refractivity contribution in [1.29, 1.82) is 0 Å². The van der Waals surface area contributed by atoms with Crippen LogP contribution in [0.3, 0.4) is 0 Å². The molecular formula is C9H12N2O3. The van der Waals surface area contributed by atoms with Crippen molar-refractivity contribution in [2.75, 3.05) is 20.8 Å². The van der Waals surface area contributed by atoms with E-state index in [1.807, 2.05) is 0 Å². The molecule has 0 atom stereocenters. The van der Waals surface area contributed by atoms with Gasteiger partial charge in [-0.05, 0) is 0 Å². The van der Waals surface area contributed by atoms with Crippen LogP contribution < -0.4 is 15.2 Å². The fraction of sp³-hybridized carbons (Fsp3) is 0.333. The van der Waals surface area contributed by atoms with Crippen LogP contribution in [-0.4, -0.2) is 31.5 Å².